The van der Waals surface area contributed by atoms with Gasteiger partial charge in [0, 0.05) is 18.3 Å². The number of carbonyl (C=O) groups excluding carboxylic acids is 2. The minimum Gasteiger partial charge on any atom is -0.465 e. The molecule has 1 aliphatic carbocycles. The van der Waals surface area contributed by atoms with Gasteiger partial charge < -0.3 is 14.8 Å². The maximum absolute atomic E-state index is 12.6. The molecule has 1 aromatic rings. The van der Waals surface area contributed by atoms with Crippen molar-refractivity contribution in [2.75, 3.05) is 18.5 Å². The molecule has 1 N–H and O–H groups in total. The quantitative estimate of drug-likeness (QED) is 0.566. The summed E-state index contributed by atoms with van der Waals surface area (Å²) in [6, 6.07) is 0. The molecule has 1 saturated heterocycles. The van der Waals surface area contributed by atoms with Gasteiger partial charge in [0.05, 0.1) is 12.0 Å². The lowest BCUT2D eigenvalue weighted by molar-refractivity contribution is -0.146. The topological polar surface area (TPSA) is 93.7 Å². The van der Waals surface area contributed by atoms with E-state index >= 15 is 0 Å². The Labute approximate surface area is 176 Å². The first-order valence-electron chi connectivity index (χ1n) is 10.1. The summed E-state index contributed by atoms with van der Waals surface area (Å²) >= 11 is 6.40. The van der Waals surface area contributed by atoms with Gasteiger partial charge in [-0.25, -0.2) is 14.8 Å². The van der Waals surface area contributed by atoms with Crippen molar-refractivity contribution >= 4 is 29.6 Å². The van der Waals surface area contributed by atoms with Gasteiger partial charge in [0.15, 0.2) is 0 Å². The van der Waals surface area contributed by atoms with Crippen molar-refractivity contribution in [1.82, 2.24) is 14.9 Å². The van der Waals surface area contributed by atoms with E-state index in [9.17, 15) is 9.59 Å². The van der Waals surface area contributed by atoms with Crippen LogP contribution in [0.15, 0.2) is 6.20 Å². The molecule has 9 heteroatoms. The number of nitrogens with one attached hydrogen (secondary N) is 1. The van der Waals surface area contributed by atoms with Crippen molar-refractivity contribution in [3.63, 3.8) is 0 Å². The normalized spacial score (nSPS) is 20.7. The standard InChI is InChI=1S/C20H29ClN4O4/c1-5-28-16(26)20(9-10-20)13-12-22-17(24-15(13)21)23-14-8-6-7-11-25(14)18(27)29-19(2,3)4/h12,14H,5-11H2,1-4H3,(H,22,23,24). The van der Waals surface area contributed by atoms with Crippen LogP contribution in [0.5, 0.6) is 0 Å². The van der Waals surface area contributed by atoms with Crippen LogP contribution in [0.3, 0.4) is 0 Å². The molecule has 0 radical (unpaired) electrons. The van der Waals surface area contributed by atoms with E-state index in [1.807, 2.05) is 20.8 Å². The second-order valence-electron chi connectivity index (χ2n) is 8.53. The number of likely N-dealkylation sites (tertiary alicyclic amines) is 1. The van der Waals surface area contributed by atoms with Crippen molar-refractivity contribution in [3.05, 3.63) is 16.9 Å². The number of esters is 1. The van der Waals surface area contributed by atoms with Crippen LogP contribution in [0.2, 0.25) is 5.15 Å². The van der Waals surface area contributed by atoms with Crippen molar-refractivity contribution in [2.24, 2.45) is 0 Å². The van der Waals surface area contributed by atoms with Gasteiger partial charge in [-0.2, -0.15) is 0 Å². The van der Waals surface area contributed by atoms with E-state index in [-0.39, 0.29) is 23.4 Å². The third kappa shape index (κ3) is 4.91. The number of ether oxygens (including phenoxy) is 2. The number of rotatable bonds is 5. The fourth-order valence-corrected chi connectivity index (χ4v) is 3.81. The fourth-order valence-electron chi connectivity index (χ4n) is 3.50. The lowest BCUT2D eigenvalue weighted by Gasteiger charge is -2.37. The Morgan fingerprint density at radius 1 is 1.34 bits per heavy atom. The van der Waals surface area contributed by atoms with Gasteiger partial charge in [-0.15, -0.1) is 0 Å². The zero-order chi connectivity index (χ0) is 21.2. The molecule has 2 heterocycles. The number of piperidine rings is 1. The molecule has 1 amide bonds. The maximum Gasteiger partial charge on any atom is 0.411 e. The summed E-state index contributed by atoms with van der Waals surface area (Å²) in [5, 5.41) is 3.42. The second kappa shape index (κ2) is 8.34. The number of hydrogen-bond acceptors (Lipinski definition) is 7. The van der Waals surface area contributed by atoms with E-state index in [1.165, 1.54) is 0 Å². The van der Waals surface area contributed by atoms with Crippen molar-refractivity contribution in [1.29, 1.82) is 0 Å². The highest BCUT2D eigenvalue weighted by molar-refractivity contribution is 6.30. The van der Waals surface area contributed by atoms with E-state index in [0.29, 0.717) is 37.5 Å². The summed E-state index contributed by atoms with van der Waals surface area (Å²) in [6.07, 6.45) is 4.95. The molecular formula is C20H29ClN4O4. The van der Waals surface area contributed by atoms with Crippen LogP contribution in [0, 0.1) is 0 Å². The third-order valence-corrected chi connectivity index (χ3v) is 5.39. The van der Waals surface area contributed by atoms with E-state index < -0.39 is 11.0 Å². The molecule has 1 aliphatic heterocycles. The summed E-state index contributed by atoms with van der Waals surface area (Å²) in [7, 11) is 0. The largest absolute Gasteiger partial charge is 0.465 e. The Bertz CT molecular complexity index is 776. The van der Waals surface area contributed by atoms with E-state index in [4.69, 9.17) is 21.1 Å². The first-order valence-corrected chi connectivity index (χ1v) is 10.5. The van der Waals surface area contributed by atoms with Crippen molar-refractivity contribution in [3.8, 4) is 0 Å². The number of nitrogens with zero attached hydrogens (tertiary/aromatic N) is 3. The molecule has 8 nitrogen and oxygen atoms in total. The molecule has 0 bridgehead atoms. The van der Waals surface area contributed by atoms with E-state index in [2.05, 4.69) is 15.3 Å². The highest BCUT2D eigenvalue weighted by atomic mass is 35.5. The van der Waals surface area contributed by atoms with Gasteiger partial charge in [-0.1, -0.05) is 11.6 Å². The first kappa shape index (κ1) is 21.6. The smallest absolute Gasteiger partial charge is 0.411 e. The average Bonchev–Trinajstić information content (AvgIpc) is 3.43. The number of aromatic nitrogens is 2. The minimum atomic E-state index is -0.723. The average molecular weight is 425 g/mol. The van der Waals surface area contributed by atoms with Gasteiger partial charge >= 0.3 is 12.1 Å². The highest BCUT2D eigenvalue weighted by Crippen LogP contribution is 2.51. The van der Waals surface area contributed by atoms with Crippen LogP contribution in [-0.4, -0.2) is 51.8 Å². The summed E-state index contributed by atoms with van der Waals surface area (Å²) in [4.78, 5) is 35.2. The number of halogens is 1. The van der Waals surface area contributed by atoms with Crippen LogP contribution >= 0.6 is 11.6 Å². The second-order valence-corrected chi connectivity index (χ2v) is 8.89. The molecular weight excluding hydrogens is 396 g/mol. The summed E-state index contributed by atoms with van der Waals surface area (Å²) in [6.45, 7) is 8.23. The molecule has 0 spiro atoms. The van der Waals surface area contributed by atoms with E-state index in [0.717, 1.165) is 19.3 Å². The Hall–Kier alpha value is -2.09. The van der Waals surface area contributed by atoms with Crippen molar-refractivity contribution in [2.45, 2.75) is 77.0 Å². The van der Waals surface area contributed by atoms with Crippen LogP contribution in [0.4, 0.5) is 10.7 Å². The predicted octanol–water partition coefficient (Wildman–Crippen LogP) is 3.88. The van der Waals surface area contributed by atoms with Crippen LogP contribution in [0.1, 0.15) is 65.4 Å². The molecule has 3 rings (SSSR count). The Morgan fingerprint density at radius 3 is 2.66 bits per heavy atom. The molecule has 1 saturated carbocycles. The molecule has 2 aliphatic rings. The van der Waals surface area contributed by atoms with Gasteiger partial charge in [0.25, 0.3) is 0 Å². The first-order chi connectivity index (χ1) is 13.7. The van der Waals surface area contributed by atoms with Gasteiger partial charge in [0.1, 0.15) is 16.9 Å². The summed E-state index contributed by atoms with van der Waals surface area (Å²) in [5.74, 6) is 0.0356. The summed E-state index contributed by atoms with van der Waals surface area (Å²) < 4.78 is 10.7. The van der Waals surface area contributed by atoms with Gasteiger partial charge in [-0.3, -0.25) is 9.69 Å². The maximum atomic E-state index is 12.6. The van der Waals surface area contributed by atoms with Crippen LogP contribution in [-0.2, 0) is 19.7 Å². The number of carbonyl (C=O) groups is 2. The SMILES string of the molecule is CCOC(=O)C1(c2cnc(NC3CCCCN3C(=O)OC(C)(C)C)nc2Cl)CC1. The molecule has 1 atom stereocenters. The van der Waals surface area contributed by atoms with Crippen molar-refractivity contribution < 1.29 is 19.1 Å². The minimum absolute atomic E-state index is 0.229. The fraction of sp³-hybridized carbons (Fsp3) is 0.700. The monoisotopic (exact) mass is 424 g/mol. The molecule has 29 heavy (non-hydrogen) atoms. The Balaban J connectivity index is 1.73. The van der Waals surface area contributed by atoms with Gasteiger partial charge in [0.2, 0.25) is 5.95 Å². The number of hydrogen-bond donors (Lipinski definition) is 1. The number of amides is 1. The molecule has 1 unspecified atom stereocenters. The molecule has 1 aromatic heterocycles. The zero-order valence-electron chi connectivity index (χ0n) is 17.5. The van der Waals surface area contributed by atoms with Crippen LogP contribution < -0.4 is 5.32 Å². The third-order valence-electron chi connectivity index (χ3n) is 5.10. The molecule has 160 valence electrons. The molecule has 0 aromatic carbocycles. The van der Waals surface area contributed by atoms with Gasteiger partial charge in [-0.05, 0) is 59.8 Å². The highest BCUT2D eigenvalue weighted by Gasteiger charge is 2.54. The number of anilines is 1. The lowest BCUT2D eigenvalue weighted by atomic mass is 9.99. The summed E-state index contributed by atoms with van der Waals surface area (Å²) in [5.41, 5.74) is -0.693. The molecule has 2 fully saturated rings. The predicted molar refractivity (Wildman–Crippen MR) is 109 cm³/mol. The van der Waals surface area contributed by atoms with E-state index in [1.54, 1.807) is 18.0 Å². The zero-order valence-corrected chi connectivity index (χ0v) is 18.2. The lowest BCUT2D eigenvalue weighted by Crippen LogP contribution is -2.49. The Kier molecular flexibility index (Phi) is 6.22. The van der Waals surface area contributed by atoms with Crippen LogP contribution in [0.25, 0.3) is 0 Å². The Morgan fingerprint density at radius 2 is 2.07 bits per heavy atom.